The maximum Gasteiger partial charge on any atom is 0.203 e. The van der Waals surface area contributed by atoms with Gasteiger partial charge in [-0.3, -0.25) is 0 Å². The van der Waals surface area contributed by atoms with Crippen LogP contribution < -0.4 is 19.9 Å². The summed E-state index contributed by atoms with van der Waals surface area (Å²) in [6.45, 7) is 2.00. The fraction of sp³-hybridized carbons (Fsp3) is 0.353. The second-order valence-electron chi connectivity index (χ2n) is 5.68. The van der Waals surface area contributed by atoms with Crippen molar-refractivity contribution in [3.63, 3.8) is 0 Å². The first-order valence-corrected chi connectivity index (χ1v) is 7.74. The first-order chi connectivity index (χ1) is 12.0. The van der Waals surface area contributed by atoms with E-state index in [0.29, 0.717) is 40.1 Å². The number of aromatic nitrogens is 4. The average Bonchev–Trinajstić information content (AvgIpc) is 3.01. The van der Waals surface area contributed by atoms with Crippen molar-refractivity contribution in [3.05, 3.63) is 29.8 Å². The number of methoxy groups -OCH3 is 3. The lowest BCUT2D eigenvalue weighted by Crippen LogP contribution is -2.08. The van der Waals surface area contributed by atoms with Crippen molar-refractivity contribution >= 4 is 17.0 Å². The van der Waals surface area contributed by atoms with Crippen LogP contribution in [0.2, 0.25) is 0 Å². The fourth-order valence-electron chi connectivity index (χ4n) is 2.74. The summed E-state index contributed by atoms with van der Waals surface area (Å²) < 4.78 is 18.0. The molecule has 1 atom stereocenters. The van der Waals surface area contributed by atoms with E-state index < -0.39 is 0 Å². The van der Waals surface area contributed by atoms with Gasteiger partial charge >= 0.3 is 0 Å². The number of nitrogens with two attached hydrogens (primary N) is 1. The number of nitrogen functional groups attached to an aromatic ring is 1. The molecule has 0 aliphatic heterocycles. The molecule has 0 bridgehead atoms. The van der Waals surface area contributed by atoms with Gasteiger partial charge in [0.15, 0.2) is 23.0 Å². The van der Waals surface area contributed by atoms with Crippen LogP contribution in [0.3, 0.4) is 0 Å². The zero-order valence-electron chi connectivity index (χ0n) is 14.9. The molecule has 8 nitrogen and oxygen atoms in total. The van der Waals surface area contributed by atoms with Crippen LogP contribution in [0.5, 0.6) is 17.2 Å². The molecule has 0 radical (unpaired) electrons. The lowest BCUT2D eigenvalue weighted by atomic mass is 9.99. The van der Waals surface area contributed by atoms with Gasteiger partial charge in [-0.1, -0.05) is 6.92 Å². The number of ether oxygens (including phenoxy) is 3. The first kappa shape index (κ1) is 16.8. The lowest BCUT2D eigenvalue weighted by Gasteiger charge is -2.17. The Kier molecular flexibility index (Phi) is 4.35. The predicted octanol–water partition coefficient (Wildman–Crippen LogP) is 2.12. The summed E-state index contributed by atoms with van der Waals surface area (Å²) in [5.41, 5.74) is 8.27. The van der Waals surface area contributed by atoms with E-state index in [1.54, 1.807) is 27.7 Å². The monoisotopic (exact) mass is 343 g/mol. The summed E-state index contributed by atoms with van der Waals surface area (Å²) in [4.78, 5) is 13.3. The molecule has 0 aliphatic rings. The van der Waals surface area contributed by atoms with Crippen molar-refractivity contribution in [1.29, 1.82) is 0 Å². The maximum absolute atomic E-state index is 6.05. The minimum atomic E-state index is -0.129. The molecule has 8 heteroatoms. The van der Waals surface area contributed by atoms with E-state index in [-0.39, 0.29) is 5.92 Å². The number of anilines is 1. The largest absolute Gasteiger partial charge is 0.493 e. The van der Waals surface area contributed by atoms with Crippen molar-refractivity contribution < 1.29 is 14.2 Å². The van der Waals surface area contributed by atoms with Crippen molar-refractivity contribution in [3.8, 4) is 17.2 Å². The van der Waals surface area contributed by atoms with Gasteiger partial charge in [0.2, 0.25) is 5.75 Å². The molecule has 0 saturated carbocycles. The Morgan fingerprint density at radius 3 is 2.24 bits per heavy atom. The quantitative estimate of drug-likeness (QED) is 0.758. The van der Waals surface area contributed by atoms with E-state index in [1.807, 2.05) is 30.7 Å². The molecule has 1 unspecified atom stereocenters. The zero-order chi connectivity index (χ0) is 18.1. The van der Waals surface area contributed by atoms with E-state index in [4.69, 9.17) is 19.9 Å². The average molecular weight is 343 g/mol. The Bertz CT molecular complexity index is 897. The lowest BCUT2D eigenvalue weighted by molar-refractivity contribution is 0.323. The van der Waals surface area contributed by atoms with Gasteiger partial charge < -0.3 is 24.5 Å². The van der Waals surface area contributed by atoms with Crippen LogP contribution in [0.15, 0.2) is 18.5 Å². The Morgan fingerprint density at radius 1 is 1.04 bits per heavy atom. The summed E-state index contributed by atoms with van der Waals surface area (Å²) in [5.74, 6) is 2.54. The van der Waals surface area contributed by atoms with E-state index in [0.717, 1.165) is 5.56 Å². The first-order valence-electron chi connectivity index (χ1n) is 7.74. The molecule has 0 fully saturated rings. The number of nitrogens with zero attached hydrogens (tertiary/aromatic N) is 4. The number of hydrogen-bond donors (Lipinski definition) is 1. The minimum absolute atomic E-state index is 0.129. The summed E-state index contributed by atoms with van der Waals surface area (Å²) in [5, 5.41) is 0. The summed E-state index contributed by atoms with van der Waals surface area (Å²) in [7, 11) is 6.61. The van der Waals surface area contributed by atoms with Crippen LogP contribution in [0.4, 0.5) is 5.82 Å². The van der Waals surface area contributed by atoms with Gasteiger partial charge in [-0.15, -0.1) is 0 Å². The number of aryl methyl sites for hydroxylation is 1. The molecule has 1 aromatic carbocycles. The molecule has 0 spiro atoms. The molecule has 0 amide bonds. The highest BCUT2D eigenvalue weighted by Gasteiger charge is 2.20. The van der Waals surface area contributed by atoms with Crippen molar-refractivity contribution in [1.82, 2.24) is 19.5 Å². The molecule has 0 saturated heterocycles. The number of rotatable bonds is 5. The van der Waals surface area contributed by atoms with Gasteiger partial charge in [0.25, 0.3) is 0 Å². The smallest absolute Gasteiger partial charge is 0.203 e. The number of fused-ring (bicyclic) bond motifs is 1. The van der Waals surface area contributed by atoms with Gasteiger partial charge in [0.05, 0.1) is 27.7 Å². The van der Waals surface area contributed by atoms with Crippen LogP contribution in [-0.4, -0.2) is 40.8 Å². The second kappa shape index (κ2) is 6.46. The zero-order valence-corrected chi connectivity index (χ0v) is 14.9. The van der Waals surface area contributed by atoms with E-state index >= 15 is 0 Å². The molecule has 132 valence electrons. The molecule has 3 aromatic rings. The number of imidazole rings is 1. The standard InChI is InChI=1S/C17H21N5O3/c1-9(10-6-11(23-3)14(25-5)12(7-10)24-4)16-20-15(18)13-17(21-16)22(2)8-19-13/h6-9H,1-5H3,(H2,18,20,21). The van der Waals surface area contributed by atoms with Crippen LogP contribution in [0, 0.1) is 0 Å². The third-order valence-electron chi connectivity index (χ3n) is 4.18. The fourth-order valence-corrected chi connectivity index (χ4v) is 2.74. The Morgan fingerprint density at radius 2 is 1.68 bits per heavy atom. The molecule has 2 heterocycles. The molecule has 2 N–H and O–H groups in total. The molecule has 3 rings (SSSR count). The topological polar surface area (TPSA) is 97.3 Å². The summed E-state index contributed by atoms with van der Waals surface area (Å²) >= 11 is 0. The van der Waals surface area contributed by atoms with Gasteiger partial charge in [-0.2, -0.15) is 0 Å². The molecule has 2 aromatic heterocycles. The van der Waals surface area contributed by atoms with Gasteiger partial charge in [-0.25, -0.2) is 15.0 Å². The normalized spacial score (nSPS) is 12.2. The Labute approximate surface area is 145 Å². The maximum atomic E-state index is 6.05. The van der Waals surface area contributed by atoms with Crippen LogP contribution in [0.25, 0.3) is 11.2 Å². The van der Waals surface area contributed by atoms with E-state index in [9.17, 15) is 0 Å². The number of benzene rings is 1. The predicted molar refractivity (Wildman–Crippen MR) is 94.3 cm³/mol. The van der Waals surface area contributed by atoms with Crippen molar-refractivity contribution in [2.24, 2.45) is 7.05 Å². The highest BCUT2D eigenvalue weighted by molar-refractivity contribution is 5.81. The highest BCUT2D eigenvalue weighted by atomic mass is 16.5. The summed E-state index contributed by atoms with van der Waals surface area (Å²) in [6, 6.07) is 3.78. The van der Waals surface area contributed by atoms with Gasteiger partial charge in [-0.05, 0) is 17.7 Å². The molecule has 0 aliphatic carbocycles. The van der Waals surface area contributed by atoms with Crippen LogP contribution in [0.1, 0.15) is 24.2 Å². The van der Waals surface area contributed by atoms with E-state index in [1.165, 1.54) is 0 Å². The molecular weight excluding hydrogens is 322 g/mol. The Balaban J connectivity index is 2.12. The Hall–Kier alpha value is -3.03. The minimum Gasteiger partial charge on any atom is -0.493 e. The third-order valence-corrected chi connectivity index (χ3v) is 4.18. The summed E-state index contributed by atoms with van der Waals surface area (Å²) in [6.07, 6.45) is 1.67. The van der Waals surface area contributed by atoms with Gasteiger partial charge in [0, 0.05) is 13.0 Å². The third kappa shape index (κ3) is 2.79. The molecule has 25 heavy (non-hydrogen) atoms. The van der Waals surface area contributed by atoms with Crippen LogP contribution >= 0.6 is 0 Å². The highest BCUT2D eigenvalue weighted by Crippen LogP contribution is 2.41. The van der Waals surface area contributed by atoms with Crippen molar-refractivity contribution in [2.45, 2.75) is 12.8 Å². The van der Waals surface area contributed by atoms with E-state index in [2.05, 4.69) is 15.0 Å². The van der Waals surface area contributed by atoms with Crippen LogP contribution in [-0.2, 0) is 7.05 Å². The molecular formula is C17H21N5O3. The van der Waals surface area contributed by atoms with Gasteiger partial charge in [0.1, 0.15) is 11.3 Å². The second-order valence-corrected chi connectivity index (χ2v) is 5.68. The SMILES string of the molecule is COc1cc(C(C)c2nc(N)c3ncn(C)c3n2)cc(OC)c1OC. The van der Waals surface area contributed by atoms with Crippen molar-refractivity contribution in [2.75, 3.05) is 27.1 Å². The number of hydrogen-bond acceptors (Lipinski definition) is 7.